The van der Waals surface area contributed by atoms with Gasteiger partial charge in [0.2, 0.25) is 0 Å². The van der Waals surface area contributed by atoms with Crippen LogP contribution >= 0.6 is 0 Å². The van der Waals surface area contributed by atoms with Crippen molar-refractivity contribution in [1.29, 1.82) is 0 Å². The second-order valence-corrected chi connectivity index (χ2v) is 11.7. The van der Waals surface area contributed by atoms with Gasteiger partial charge in [0.15, 0.2) is 6.71 Å². The molecule has 15 heavy (non-hydrogen) atoms. The molecule has 0 aromatic carbocycles. The summed E-state index contributed by atoms with van der Waals surface area (Å²) in [7, 11) is -0.970. The topological polar surface area (TPSA) is 0 Å². The van der Waals surface area contributed by atoms with Crippen LogP contribution in [0.1, 0.15) is 38.5 Å². The molecular weight excluding hydrogens is 195 g/mol. The van der Waals surface area contributed by atoms with Crippen molar-refractivity contribution in [1.82, 2.24) is 0 Å². The fourth-order valence-corrected chi connectivity index (χ4v) is 4.24. The molecule has 0 unspecified atom stereocenters. The van der Waals surface area contributed by atoms with Gasteiger partial charge in [0.05, 0.1) is 8.07 Å². The van der Waals surface area contributed by atoms with Crippen molar-refractivity contribution in [3.05, 3.63) is 11.7 Å². The molecular formula is C13H25BSi. The molecule has 0 radical (unpaired) electrons. The zero-order valence-electron chi connectivity index (χ0n) is 10.6. The van der Waals surface area contributed by atoms with E-state index in [0.717, 1.165) is 18.3 Å². The molecule has 0 saturated carbocycles. The Bertz CT molecular complexity index is 219. The van der Waals surface area contributed by atoms with Gasteiger partial charge in [0.25, 0.3) is 0 Å². The fourth-order valence-electron chi connectivity index (χ4n) is 3.44. The van der Waals surface area contributed by atoms with E-state index in [4.69, 9.17) is 0 Å². The zero-order valence-corrected chi connectivity index (χ0v) is 11.6. The summed E-state index contributed by atoms with van der Waals surface area (Å²) in [4.78, 5) is 0. The van der Waals surface area contributed by atoms with Gasteiger partial charge in [-0.3, -0.25) is 0 Å². The summed E-state index contributed by atoms with van der Waals surface area (Å²) in [6, 6.07) is 0. The first kappa shape index (κ1) is 11.5. The van der Waals surface area contributed by atoms with Crippen LogP contribution in [0.5, 0.6) is 0 Å². The molecule has 2 fully saturated rings. The monoisotopic (exact) mass is 220 g/mol. The predicted molar refractivity (Wildman–Crippen MR) is 73.4 cm³/mol. The minimum absolute atomic E-state index is 0.958. The van der Waals surface area contributed by atoms with E-state index in [1.54, 1.807) is 0 Å². The van der Waals surface area contributed by atoms with Crippen LogP contribution in [0.25, 0.3) is 0 Å². The molecule has 0 N–H and O–H groups in total. The largest absolute Gasteiger partial charge is 0.171 e. The van der Waals surface area contributed by atoms with Gasteiger partial charge in [0.1, 0.15) is 0 Å². The van der Waals surface area contributed by atoms with Crippen LogP contribution in [-0.4, -0.2) is 14.8 Å². The lowest BCUT2D eigenvalue weighted by Crippen LogP contribution is -2.33. The third kappa shape index (κ3) is 2.99. The van der Waals surface area contributed by atoms with Crippen LogP contribution in [0.2, 0.25) is 31.3 Å². The summed E-state index contributed by atoms with van der Waals surface area (Å²) in [6.07, 6.45) is 9.06. The summed E-state index contributed by atoms with van der Waals surface area (Å²) < 4.78 is 0. The second kappa shape index (κ2) is 4.49. The Morgan fingerprint density at radius 3 is 1.80 bits per heavy atom. The van der Waals surface area contributed by atoms with Crippen LogP contribution in [0, 0.1) is 0 Å². The highest BCUT2D eigenvalue weighted by Crippen LogP contribution is 2.46. The highest BCUT2D eigenvalue weighted by molar-refractivity contribution is 6.82. The van der Waals surface area contributed by atoms with Crippen LogP contribution < -0.4 is 0 Å². The van der Waals surface area contributed by atoms with Crippen molar-refractivity contribution in [3.63, 3.8) is 0 Å². The van der Waals surface area contributed by atoms with E-state index in [0.29, 0.717) is 0 Å². The van der Waals surface area contributed by atoms with Crippen LogP contribution in [0.4, 0.5) is 0 Å². The summed E-state index contributed by atoms with van der Waals surface area (Å²) in [5.41, 5.74) is 2.59. The molecule has 2 rings (SSSR count). The molecule has 2 heteroatoms. The van der Waals surface area contributed by atoms with E-state index >= 15 is 0 Å². The lowest BCUT2D eigenvalue weighted by Gasteiger charge is -2.39. The Kier molecular flexibility index (Phi) is 3.44. The van der Waals surface area contributed by atoms with Crippen molar-refractivity contribution in [2.24, 2.45) is 0 Å². The van der Waals surface area contributed by atoms with Crippen LogP contribution in [0.3, 0.4) is 0 Å². The first-order valence-corrected chi connectivity index (χ1v) is 10.3. The molecule has 0 atom stereocenters. The molecule has 0 aliphatic carbocycles. The number of hydrogen-bond acceptors (Lipinski definition) is 0. The molecule has 2 bridgehead atoms. The Hall–Kier alpha value is 0.0218. The van der Waals surface area contributed by atoms with E-state index in [1.807, 2.05) is 0 Å². The molecule has 84 valence electrons. The molecule has 0 spiro atoms. The first-order valence-electron chi connectivity index (χ1n) is 6.76. The molecule has 0 nitrogen and oxygen atoms in total. The maximum absolute atomic E-state index is 2.62. The lowest BCUT2D eigenvalue weighted by atomic mass is 9.27. The third-order valence-corrected chi connectivity index (χ3v) is 5.40. The SMILES string of the molecule is C[Si](C)(C)/C=C/B1C2CCCC1CCC2. The molecule has 2 saturated heterocycles. The van der Waals surface area contributed by atoms with E-state index in [1.165, 1.54) is 38.5 Å². The molecule has 0 aromatic heterocycles. The van der Waals surface area contributed by atoms with Gasteiger partial charge in [-0.25, -0.2) is 0 Å². The van der Waals surface area contributed by atoms with Crippen molar-refractivity contribution < 1.29 is 0 Å². The van der Waals surface area contributed by atoms with Crippen molar-refractivity contribution in [3.8, 4) is 0 Å². The van der Waals surface area contributed by atoms with Gasteiger partial charge >= 0.3 is 0 Å². The van der Waals surface area contributed by atoms with Gasteiger partial charge in [-0.1, -0.05) is 69.8 Å². The van der Waals surface area contributed by atoms with E-state index in [9.17, 15) is 0 Å². The Balaban J connectivity index is 2.04. The minimum atomic E-state index is -0.970. The first-order chi connectivity index (χ1) is 7.06. The molecule has 2 aliphatic heterocycles. The zero-order chi connectivity index (χ0) is 10.9. The van der Waals surface area contributed by atoms with Gasteiger partial charge in [-0.2, -0.15) is 0 Å². The third-order valence-electron chi connectivity index (χ3n) is 4.21. The van der Waals surface area contributed by atoms with Crippen molar-refractivity contribution in [2.45, 2.75) is 69.8 Å². The Morgan fingerprint density at radius 1 is 0.933 bits per heavy atom. The number of fused-ring (bicyclic) bond motifs is 2. The predicted octanol–water partition coefficient (Wildman–Crippen LogP) is 4.56. The highest BCUT2D eigenvalue weighted by atomic mass is 28.3. The lowest BCUT2D eigenvalue weighted by molar-refractivity contribution is 0.447. The van der Waals surface area contributed by atoms with Crippen molar-refractivity contribution in [2.75, 3.05) is 0 Å². The smallest absolute Gasteiger partial charge is 0.122 e. The summed E-state index contributed by atoms with van der Waals surface area (Å²) in [5, 5.41) is 0. The summed E-state index contributed by atoms with van der Waals surface area (Å²) in [5.74, 6) is 4.72. The summed E-state index contributed by atoms with van der Waals surface area (Å²) >= 11 is 0. The quantitative estimate of drug-likeness (QED) is 0.598. The van der Waals surface area contributed by atoms with E-state index in [-0.39, 0.29) is 0 Å². The Labute approximate surface area is 96.6 Å². The van der Waals surface area contributed by atoms with Gasteiger partial charge in [-0.05, 0) is 0 Å². The second-order valence-electron chi connectivity index (χ2n) is 6.68. The maximum Gasteiger partial charge on any atom is 0.171 e. The number of hydrogen-bond donors (Lipinski definition) is 0. The van der Waals surface area contributed by atoms with E-state index < -0.39 is 8.07 Å². The van der Waals surface area contributed by atoms with Gasteiger partial charge in [0, 0.05) is 0 Å². The minimum Gasteiger partial charge on any atom is -0.122 e. The van der Waals surface area contributed by atoms with Gasteiger partial charge < -0.3 is 0 Å². The summed E-state index contributed by atoms with van der Waals surface area (Å²) in [6.45, 7) is 8.30. The molecule has 2 heterocycles. The highest BCUT2D eigenvalue weighted by Gasteiger charge is 2.37. The Morgan fingerprint density at radius 2 is 1.40 bits per heavy atom. The molecule has 2 aliphatic rings. The van der Waals surface area contributed by atoms with Crippen LogP contribution in [-0.2, 0) is 0 Å². The maximum atomic E-state index is 2.62. The van der Waals surface area contributed by atoms with Crippen molar-refractivity contribution >= 4 is 14.8 Å². The molecule has 0 amide bonds. The normalized spacial score (nSPS) is 32.3. The van der Waals surface area contributed by atoms with E-state index in [2.05, 4.69) is 31.3 Å². The number of rotatable bonds is 2. The van der Waals surface area contributed by atoms with Crippen LogP contribution in [0.15, 0.2) is 11.7 Å². The average Bonchev–Trinajstić information content (AvgIpc) is 2.12. The average molecular weight is 220 g/mol. The molecule has 0 aromatic rings. The fraction of sp³-hybridized carbons (Fsp3) is 0.846. The standard InChI is InChI=1S/C13H25BSi/c1-15(2,3)11-10-14-12-6-4-7-13(14)9-5-8-12/h10-13H,4-9H2,1-3H3/b11-10+. The van der Waals surface area contributed by atoms with Gasteiger partial charge in [-0.15, -0.1) is 11.7 Å².